The lowest BCUT2D eigenvalue weighted by Crippen LogP contribution is -2.39. The van der Waals surface area contributed by atoms with Crippen LogP contribution in [0.25, 0.3) is 0 Å². The molecule has 0 heterocycles. The number of aromatic hydroxyl groups is 1. The van der Waals surface area contributed by atoms with Crippen LogP contribution in [-0.2, 0) is 0 Å². The van der Waals surface area contributed by atoms with Crippen LogP contribution in [0.4, 0.5) is 10.5 Å². The molecule has 20 heavy (non-hydrogen) atoms. The van der Waals surface area contributed by atoms with Crippen LogP contribution in [0.3, 0.4) is 0 Å². The molecule has 0 radical (unpaired) electrons. The van der Waals surface area contributed by atoms with Crippen molar-refractivity contribution in [2.75, 3.05) is 24.4 Å². The van der Waals surface area contributed by atoms with Gasteiger partial charge in [0.25, 0.3) is 0 Å². The number of anilines is 1. The molecule has 1 atom stereocenters. The van der Waals surface area contributed by atoms with Gasteiger partial charge in [-0.05, 0) is 25.3 Å². The van der Waals surface area contributed by atoms with Crippen molar-refractivity contribution in [3.05, 3.63) is 23.8 Å². The van der Waals surface area contributed by atoms with E-state index in [9.17, 15) is 14.7 Å². The molecule has 110 valence electrons. The zero-order valence-corrected chi connectivity index (χ0v) is 12.4. The number of urea groups is 1. The molecular formula is C13H18N2O4S. The summed E-state index contributed by atoms with van der Waals surface area (Å²) in [5, 5.41) is 21.0. The fourth-order valence-corrected chi connectivity index (χ4v) is 2.26. The molecule has 0 fully saturated rings. The zero-order chi connectivity index (χ0) is 15.3. The maximum Gasteiger partial charge on any atom is 0.339 e. The zero-order valence-electron chi connectivity index (χ0n) is 11.6. The minimum atomic E-state index is -1.22. The highest BCUT2D eigenvalue weighted by Gasteiger charge is 2.16. The van der Waals surface area contributed by atoms with Gasteiger partial charge >= 0.3 is 12.0 Å². The van der Waals surface area contributed by atoms with Crippen molar-refractivity contribution in [2.24, 2.45) is 0 Å². The van der Waals surface area contributed by atoms with E-state index in [2.05, 4.69) is 5.32 Å². The normalized spacial score (nSPS) is 11.8. The topological polar surface area (TPSA) is 89.9 Å². The first-order chi connectivity index (χ1) is 9.36. The molecule has 0 aliphatic heterocycles. The number of rotatable bonds is 5. The van der Waals surface area contributed by atoms with Crippen molar-refractivity contribution in [3.8, 4) is 5.75 Å². The van der Waals surface area contributed by atoms with Crippen molar-refractivity contribution < 1.29 is 19.8 Å². The molecule has 1 aromatic rings. The molecule has 1 rings (SSSR count). The standard InChI is InChI=1S/C13H18N2O4S/c1-8(7-20-3)15(2)13(19)14-9-4-5-10(12(17)18)11(16)6-9/h4-6,8,16H,7H2,1-3H3,(H,14,19)(H,17,18). The van der Waals surface area contributed by atoms with Gasteiger partial charge in [-0.3, -0.25) is 0 Å². The molecular weight excluding hydrogens is 280 g/mol. The summed E-state index contributed by atoms with van der Waals surface area (Å²) in [6.45, 7) is 1.93. The summed E-state index contributed by atoms with van der Waals surface area (Å²) < 4.78 is 0. The fraction of sp³-hybridized carbons (Fsp3) is 0.385. The number of benzene rings is 1. The van der Waals surface area contributed by atoms with Gasteiger partial charge in [-0.1, -0.05) is 0 Å². The smallest absolute Gasteiger partial charge is 0.339 e. The Balaban J connectivity index is 2.76. The van der Waals surface area contributed by atoms with E-state index in [-0.39, 0.29) is 23.4 Å². The van der Waals surface area contributed by atoms with Gasteiger partial charge in [-0.2, -0.15) is 11.8 Å². The minimum absolute atomic E-state index is 0.0666. The van der Waals surface area contributed by atoms with Crippen molar-refractivity contribution in [1.29, 1.82) is 0 Å². The van der Waals surface area contributed by atoms with Gasteiger partial charge in [0.15, 0.2) is 0 Å². The first kappa shape index (κ1) is 16.2. The Kier molecular flexibility index (Phi) is 5.69. The summed E-state index contributed by atoms with van der Waals surface area (Å²) in [6, 6.07) is 3.66. The van der Waals surface area contributed by atoms with Crippen LogP contribution in [0.1, 0.15) is 17.3 Å². The lowest BCUT2D eigenvalue weighted by Gasteiger charge is -2.24. The van der Waals surface area contributed by atoms with Crippen LogP contribution in [0.2, 0.25) is 0 Å². The number of carboxylic acid groups (broad SMARTS) is 1. The average Bonchev–Trinajstić information content (AvgIpc) is 2.37. The van der Waals surface area contributed by atoms with Gasteiger partial charge in [0.1, 0.15) is 11.3 Å². The molecule has 7 heteroatoms. The number of thioether (sulfide) groups is 1. The predicted molar refractivity (Wildman–Crippen MR) is 79.7 cm³/mol. The Labute approximate surface area is 121 Å². The highest BCUT2D eigenvalue weighted by atomic mass is 32.2. The first-order valence-electron chi connectivity index (χ1n) is 5.96. The van der Waals surface area contributed by atoms with Gasteiger partial charge in [-0.25, -0.2) is 9.59 Å². The van der Waals surface area contributed by atoms with Gasteiger partial charge in [0, 0.05) is 30.6 Å². The second-order valence-electron chi connectivity index (χ2n) is 4.38. The largest absolute Gasteiger partial charge is 0.507 e. The summed E-state index contributed by atoms with van der Waals surface area (Å²) in [6.07, 6.45) is 1.96. The quantitative estimate of drug-likeness (QED) is 0.776. The molecule has 0 bridgehead atoms. The molecule has 0 aliphatic carbocycles. The van der Waals surface area contributed by atoms with E-state index in [0.29, 0.717) is 5.69 Å². The Hall–Kier alpha value is -1.89. The summed E-state index contributed by atoms with van der Waals surface area (Å²) in [5.74, 6) is -0.783. The molecule has 0 aliphatic rings. The Morgan fingerprint density at radius 2 is 2.10 bits per heavy atom. The van der Waals surface area contributed by atoms with Crippen LogP contribution in [0, 0.1) is 0 Å². The molecule has 6 nitrogen and oxygen atoms in total. The van der Waals surface area contributed by atoms with Crippen LogP contribution in [0.5, 0.6) is 5.75 Å². The van der Waals surface area contributed by atoms with E-state index in [1.54, 1.807) is 23.7 Å². The maximum absolute atomic E-state index is 12.0. The maximum atomic E-state index is 12.0. The van der Waals surface area contributed by atoms with Crippen molar-refractivity contribution >= 4 is 29.4 Å². The number of aromatic carboxylic acids is 1. The summed E-state index contributed by atoms with van der Waals surface area (Å²) in [5.41, 5.74) is 0.146. The molecule has 1 unspecified atom stereocenters. The molecule has 3 N–H and O–H groups in total. The van der Waals surface area contributed by atoms with Gasteiger partial charge in [0.05, 0.1) is 0 Å². The van der Waals surface area contributed by atoms with Crippen LogP contribution < -0.4 is 5.32 Å². The third kappa shape index (κ3) is 4.06. The molecule has 0 aromatic heterocycles. The number of hydrogen-bond donors (Lipinski definition) is 3. The summed E-state index contributed by atoms with van der Waals surface area (Å²) in [7, 11) is 1.68. The Bertz CT molecular complexity index is 507. The van der Waals surface area contributed by atoms with Crippen molar-refractivity contribution in [2.45, 2.75) is 13.0 Å². The van der Waals surface area contributed by atoms with Gasteiger partial charge in [0.2, 0.25) is 0 Å². The monoisotopic (exact) mass is 298 g/mol. The number of carbonyl (C=O) groups is 2. The lowest BCUT2D eigenvalue weighted by molar-refractivity contribution is 0.0694. The van der Waals surface area contributed by atoms with Crippen LogP contribution in [0.15, 0.2) is 18.2 Å². The number of amides is 2. The number of nitrogens with one attached hydrogen (secondary N) is 1. The minimum Gasteiger partial charge on any atom is -0.507 e. The fourth-order valence-electron chi connectivity index (χ4n) is 1.56. The molecule has 0 saturated heterocycles. The van der Waals surface area contributed by atoms with E-state index in [1.807, 2.05) is 13.2 Å². The van der Waals surface area contributed by atoms with Gasteiger partial charge in [-0.15, -0.1) is 0 Å². The van der Waals surface area contributed by atoms with E-state index in [0.717, 1.165) is 5.75 Å². The average molecular weight is 298 g/mol. The highest BCUT2D eigenvalue weighted by Crippen LogP contribution is 2.22. The second kappa shape index (κ2) is 7.04. The van der Waals surface area contributed by atoms with Crippen LogP contribution in [-0.4, -0.2) is 52.2 Å². The Morgan fingerprint density at radius 1 is 1.45 bits per heavy atom. The number of phenols is 1. The predicted octanol–water partition coefficient (Wildman–Crippen LogP) is 2.31. The van der Waals surface area contributed by atoms with E-state index >= 15 is 0 Å². The molecule has 0 saturated carbocycles. The SMILES string of the molecule is CSCC(C)N(C)C(=O)Nc1ccc(C(=O)O)c(O)c1. The molecule has 2 amide bonds. The number of carboxylic acids is 1. The molecule has 1 aromatic carbocycles. The lowest BCUT2D eigenvalue weighted by atomic mass is 10.2. The highest BCUT2D eigenvalue weighted by molar-refractivity contribution is 7.98. The van der Waals surface area contributed by atoms with E-state index in [1.165, 1.54) is 18.2 Å². The summed E-state index contributed by atoms with van der Waals surface area (Å²) >= 11 is 1.64. The van der Waals surface area contributed by atoms with Crippen LogP contribution >= 0.6 is 11.8 Å². The van der Waals surface area contributed by atoms with Crippen molar-refractivity contribution in [1.82, 2.24) is 4.90 Å². The first-order valence-corrected chi connectivity index (χ1v) is 7.35. The number of carbonyl (C=O) groups excluding carboxylic acids is 1. The number of hydrogen-bond acceptors (Lipinski definition) is 4. The second-order valence-corrected chi connectivity index (χ2v) is 5.29. The third-order valence-corrected chi connectivity index (χ3v) is 3.68. The number of nitrogens with zero attached hydrogens (tertiary/aromatic N) is 1. The summed E-state index contributed by atoms with van der Waals surface area (Å²) in [4.78, 5) is 24.3. The van der Waals surface area contributed by atoms with E-state index in [4.69, 9.17) is 5.11 Å². The Morgan fingerprint density at radius 3 is 2.60 bits per heavy atom. The third-order valence-electron chi connectivity index (χ3n) is 2.87. The van der Waals surface area contributed by atoms with E-state index < -0.39 is 5.97 Å². The molecule has 0 spiro atoms. The van der Waals surface area contributed by atoms with Crippen molar-refractivity contribution in [3.63, 3.8) is 0 Å². The van der Waals surface area contributed by atoms with Gasteiger partial charge < -0.3 is 20.4 Å².